The van der Waals surface area contributed by atoms with Crippen LogP contribution in [0.4, 0.5) is 0 Å². The molecule has 2 N–H and O–H groups in total. The van der Waals surface area contributed by atoms with Gasteiger partial charge in [0.05, 0.1) is 6.04 Å². The lowest BCUT2D eigenvalue weighted by Gasteiger charge is -2.40. The zero-order chi connectivity index (χ0) is 13.8. The molecule has 3 atom stereocenters. The average molecular weight is 280 g/mol. The van der Waals surface area contributed by atoms with Gasteiger partial charge in [-0.3, -0.25) is 4.90 Å². The Hall–Kier alpha value is -0.380. The fourth-order valence-electron chi connectivity index (χ4n) is 3.18. The first-order chi connectivity index (χ1) is 9.15. The van der Waals surface area contributed by atoms with Gasteiger partial charge in [-0.2, -0.15) is 0 Å². The van der Waals surface area contributed by atoms with E-state index < -0.39 is 0 Å². The summed E-state index contributed by atoms with van der Waals surface area (Å²) < 4.78 is 0. The van der Waals surface area contributed by atoms with E-state index in [1.54, 1.807) is 0 Å². The Kier molecular flexibility index (Phi) is 5.43. The maximum Gasteiger partial charge on any atom is 0.0593 e. The van der Waals surface area contributed by atoms with Crippen LogP contribution in [0.5, 0.6) is 0 Å². The molecule has 1 saturated heterocycles. The summed E-state index contributed by atoms with van der Waals surface area (Å²) in [6.45, 7) is 9.16. The standard InChI is InChI=1S/C16H28N2S/c1-4-13-7-6-10-18(11-13)16(14(17)5-2)15-9-8-12(3)19-15/h8-9,13-14,16H,4-7,10-11,17H2,1-3H3. The number of thiophene rings is 1. The normalized spacial score (nSPS) is 24.3. The Morgan fingerprint density at radius 3 is 2.79 bits per heavy atom. The molecule has 0 saturated carbocycles. The summed E-state index contributed by atoms with van der Waals surface area (Å²) in [5.41, 5.74) is 6.44. The molecular formula is C16H28N2S. The number of likely N-dealkylation sites (tertiary alicyclic amines) is 1. The lowest BCUT2D eigenvalue weighted by atomic mass is 9.92. The maximum atomic E-state index is 6.44. The molecule has 2 heterocycles. The highest BCUT2D eigenvalue weighted by molar-refractivity contribution is 7.12. The van der Waals surface area contributed by atoms with Crippen LogP contribution in [0.15, 0.2) is 12.1 Å². The molecule has 1 fully saturated rings. The van der Waals surface area contributed by atoms with Crippen molar-refractivity contribution in [3.05, 3.63) is 21.9 Å². The quantitative estimate of drug-likeness (QED) is 0.884. The van der Waals surface area contributed by atoms with Gasteiger partial charge < -0.3 is 5.73 Å². The van der Waals surface area contributed by atoms with E-state index >= 15 is 0 Å². The zero-order valence-corrected chi connectivity index (χ0v) is 13.4. The molecule has 108 valence electrons. The summed E-state index contributed by atoms with van der Waals surface area (Å²) in [6.07, 6.45) is 5.07. The highest BCUT2D eigenvalue weighted by Gasteiger charge is 2.30. The highest BCUT2D eigenvalue weighted by Crippen LogP contribution is 2.34. The van der Waals surface area contributed by atoms with Crippen molar-refractivity contribution in [2.75, 3.05) is 13.1 Å². The molecular weight excluding hydrogens is 252 g/mol. The van der Waals surface area contributed by atoms with Gasteiger partial charge in [0.15, 0.2) is 0 Å². The van der Waals surface area contributed by atoms with Gasteiger partial charge in [-0.15, -0.1) is 11.3 Å². The first kappa shape index (κ1) is 15.0. The third-order valence-electron chi connectivity index (χ3n) is 4.45. The molecule has 0 amide bonds. The van der Waals surface area contributed by atoms with Gasteiger partial charge in [-0.25, -0.2) is 0 Å². The van der Waals surface area contributed by atoms with Crippen LogP contribution in [-0.2, 0) is 0 Å². The fourth-order valence-corrected chi connectivity index (χ4v) is 4.27. The van der Waals surface area contributed by atoms with Gasteiger partial charge in [-0.05, 0) is 50.8 Å². The van der Waals surface area contributed by atoms with Gasteiger partial charge in [0.25, 0.3) is 0 Å². The first-order valence-corrected chi connectivity index (χ1v) is 8.53. The third-order valence-corrected chi connectivity index (χ3v) is 5.52. The number of nitrogens with zero attached hydrogens (tertiary/aromatic N) is 1. The van der Waals surface area contributed by atoms with Crippen LogP contribution in [0, 0.1) is 12.8 Å². The third kappa shape index (κ3) is 3.59. The number of hydrogen-bond acceptors (Lipinski definition) is 3. The first-order valence-electron chi connectivity index (χ1n) is 7.71. The molecule has 1 aromatic rings. The fraction of sp³-hybridized carbons (Fsp3) is 0.750. The van der Waals surface area contributed by atoms with E-state index in [1.807, 2.05) is 11.3 Å². The van der Waals surface area contributed by atoms with Crippen LogP contribution in [-0.4, -0.2) is 24.0 Å². The zero-order valence-electron chi connectivity index (χ0n) is 12.6. The molecule has 2 nitrogen and oxygen atoms in total. The second-order valence-corrected chi connectivity index (χ2v) is 7.20. The topological polar surface area (TPSA) is 29.3 Å². The number of rotatable bonds is 5. The number of nitrogens with two attached hydrogens (primary N) is 1. The van der Waals surface area contributed by atoms with Crippen LogP contribution in [0.3, 0.4) is 0 Å². The monoisotopic (exact) mass is 280 g/mol. The molecule has 1 aromatic heterocycles. The van der Waals surface area contributed by atoms with Crippen molar-refractivity contribution in [3.8, 4) is 0 Å². The molecule has 0 spiro atoms. The SMILES string of the molecule is CCC1CCCN(C(c2ccc(C)s2)C(N)CC)C1. The molecule has 19 heavy (non-hydrogen) atoms. The van der Waals surface area contributed by atoms with E-state index in [0.29, 0.717) is 6.04 Å². The summed E-state index contributed by atoms with van der Waals surface area (Å²) in [4.78, 5) is 5.51. The Bertz CT molecular complexity index is 388. The lowest BCUT2D eigenvalue weighted by molar-refractivity contribution is 0.106. The van der Waals surface area contributed by atoms with E-state index in [1.165, 1.54) is 42.1 Å². The van der Waals surface area contributed by atoms with E-state index in [2.05, 4.69) is 37.8 Å². The molecule has 1 aliphatic rings. The van der Waals surface area contributed by atoms with Crippen LogP contribution >= 0.6 is 11.3 Å². The van der Waals surface area contributed by atoms with E-state index in [-0.39, 0.29) is 6.04 Å². The minimum absolute atomic E-state index is 0.258. The van der Waals surface area contributed by atoms with E-state index in [9.17, 15) is 0 Å². The Balaban J connectivity index is 2.17. The number of piperidine rings is 1. The molecule has 1 aliphatic heterocycles. The Labute approximate surface area is 122 Å². The summed E-state index contributed by atoms with van der Waals surface area (Å²) in [5.74, 6) is 0.862. The average Bonchev–Trinajstić information content (AvgIpc) is 2.85. The van der Waals surface area contributed by atoms with Gasteiger partial charge in [-0.1, -0.05) is 20.3 Å². The van der Waals surface area contributed by atoms with Crippen molar-refractivity contribution in [2.45, 2.75) is 58.5 Å². The van der Waals surface area contributed by atoms with E-state index in [0.717, 1.165) is 12.3 Å². The van der Waals surface area contributed by atoms with Gasteiger partial charge in [0.1, 0.15) is 0 Å². The molecule has 2 rings (SSSR count). The van der Waals surface area contributed by atoms with Crippen LogP contribution in [0.1, 0.15) is 55.3 Å². The van der Waals surface area contributed by atoms with Crippen LogP contribution in [0.2, 0.25) is 0 Å². The second-order valence-electron chi connectivity index (χ2n) is 5.88. The largest absolute Gasteiger partial charge is 0.326 e. The summed E-state index contributed by atoms with van der Waals surface area (Å²) in [6, 6.07) is 5.21. The highest BCUT2D eigenvalue weighted by atomic mass is 32.1. The molecule has 0 aliphatic carbocycles. The molecule has 3 unspecified atom stereocenters. The van der Waals surface area contributed by atoms with Gasteiger partial charge >= 0.3 is 0 Å². The molecule has 0 radical (unpaired) electrons. The van der Waals surface area contributed by atoms with Gasteiger partial charge in [0.2, 0.25) is 0 Å². The van der Waals surface area contributed by atoms with Crippen molar-refractivity contribution in [2.24, 2.45) is 11.7 Å². The van der Waals surface area contributed by atoms with Crippen LogP contribution < -0.4 is 5.73 Å². The molecule has 0 aromatic carbocycles. The van der Waals surface area contributed by atoms with E-state index in [4.69, 9.17) is 5.73 Å². The second kappa shape index (κ2) is 6.87. The van der Waals surface area contributed by atoms with Crippen molar-refractivity contribution in [3.63, 3.8) is 0 Å². The summed E-state index contributed by atoms with van der Waals surface area (Å²) in [7, 11) is 0. The molecule has 3 heteroatoms. The predicted molar refractivity (Wildman–Crippen MR) is 84.7 cm³/mol. The lowest BCUT2D eigenvalue weighted by Crippen LogP contribution is -2.45. The number of aryl methyl sites for hydroxylation is 1. The smallest absolute Gasteiger partial charge is 0.0593 e. The predicted octanol–water partition coefficient (Wildman–Crippen LogP) is 3.96. The van der Waals surface area contributed by atoms with Crippen LogP contribution in [0.25, 0.3) is 0 Å². The van der Waals surface area contributed by atoms with Gasteiger partial charge in [0, 0.05) is 22.3 Å². The summed E-state index contributed by atoms with van der Waals surface area (Å²) in [5, 5.41) is 0. The Morgan fingerprint density at radius 1 is 1.42 bits per heavy atom. The minimum atomic E-state index is 0.258. The maximum absolute atomic E-state index is 6.44. The molecule has 0 bridgehead atoms. The van der Waals surface area contributed by atoms with Crippen molar-refractivity contribution in [1.29, 1.82) is 0 Å². The van der Waals surface area contributed by atoms with Crippen molar-refractivity contribution in [1.82, 2.24) is 4.90 Å². The summed E-state index contributed by atoms with van der Waals surface area (Å²) >= 11 is 1.92. The number of hydrogen-bond donors (Lipinski definition) is 1. The van der Waals surface area contributed by atoms with Crippen molar-refractivity contribution < 1.29 is 0 Å². The van der Waals surface area contributed by atoms with Crippen molar-refractivity contribution >= 4 is 11.3 Å². The Morgan fingerprint density at radius 2 is 2.21 bits per heavy atom. The minimum Gasteiger partial charge on any atom is -0.326 e.